The van der Waals surface area contributed by atoms with Crippen molar-refractivity contribution in [2.75, 3.05) is 23.8 Å². The molecule has 1 saturated heterocycles. The second-order valence-electron chi connectivity index (χ2n) is 6.49. The summed E-state index contributed by atoms with van der Waals surface area (Å²) in [4.78, 5) is 39.8. The average molecular weight is 382 g/mol. The second-order valence-corrected chi connectivity index (χ2v) is 6.49. The summed E-state index contributed by atoms with van der Waals surface area (Å²) in [6.07, 6.45) is 3.42. The van der Waals surface area contributed by atoms with Crippen LogP contribution in [-0.4, -0.2) is 42.0 Å². The minimum absolute atomic E-state index is 0.0500. The molecule has 0 spiro atoms. The molecule has 8 nitrogen and oxygen atoms in total. The van der Waals surface area contributed by atoms with Crippen molar-refractivity contribution >= 4 is 29.1 Å². The van der Waals surface area contributed by atoms with Crippen molar-refractivity contribution in [1.82, 2.24) is 10.3 Å². The van der Waals surface area contributed by atoms with E-state index in [1.165, 1.54) is 19.2 Å². The summed E-state index contributed by atoms with van der Waals surface area (Å²) in [5.74, 6) is -0.872. The van der Waals surface area contributed by atoms with Gasteiger partial charge in [-0.1, -0.05) is 0 Å². The summed E-state index contributed by atoms with van der Waals surface area (Å²) in [5, 5.41) is 8.19. The molecule has 0 saturated carbocycles. The number of anilines is 2. The topological polar surface area (TPSA) is 109 Å². The van der Waals surface area contributed by atoms with Crippen LogP contribution in [-0.2, 0) is 9.53 Å². The monoisotopic (exact) mass is 382 g/mol. The number of nitrogens with zero attached hydrogens (tertiary/aromatic N) is 1. The predicted octanol–water partition coefficient (Wildman–Crippen LogP) is 2.20. The summed E-state index contributed by atoms with van der Waals surface area (Å²) >= 11 is 0. The van der Waals surface area contributed by atoms with Gasteiger partial charge < -0.3 is 20.7 Å². The maximum atomic E-state index is 12.4. The molecule has 0 aliphatic carbocycles. The van der Waals surface area contributed by atoms with Crippen LogP contribution in [0.15, 0.2) is 42.6 Å². The number of pyridine rings is 1. The molecule has 1 aliphatic rings. The minimum Gasteiger partial charge on any atom is -0.376 e. The number of aromatic nitrogens is 1. The Morgan fingerprint density at radius 2 is 1.79 bits per heavy atom. The van der Waals surface area contributed by atoms with Gasteiger partial charge in [0.15, 0.2) is 0 Å². The summed E-state index contributed by atoms with van der Waals surface area (Å²) in [6, 6.07) is 9.71. The number of carbonyl (C=O) groups is 3. The minimum atomic E-state index is -0.430. The van der Waals surface area contributed by atoms with Crippen molar-refractivity contribution in [3.8, 4) is 0 Å². The molecule has 1 unspecified atom stereocenters. The van der Waals surface area contributed by atoms with E-state index in [1.807, 2.05) is 0 Å². The highest BCUT2D eigenvalue weighted by atomic mass is 16.5. The Hall–Kier alpha value is -3.26. The molecule has 1 fully saturated rings. The Morgan fingerprint density at radius 1 is 1.07 bits per heavy atom. The number of nitrogens with one attached hydrogen (secondary N) is 3. The van der Waals surface area contributed by atoms with Gasteiger partial charge in [0.05, 0.1) is 6.10 Å². The van der Waals surface area contributed by atoms with E-state index in [0.717, 1.165) is 19.4 Å². The van der Waals surface area contributed by atoms with E-state index in [4.69, 9.17) is 4.74 Å². The summed E-state index contributed by atoms with van der Waals surface area (Å²) < 4.78 is 5.48. The molecule has 3 amide bonds. The molecule has 0 bridgehead atoms. The largest absolute Gasteiger partial charge is 0.376 e. The number of carbonyl (C=O) groups excluding carboxylic acids is 3. The van der Waals surface area contributed by atoms with E-state index < -0.39 is 5.91 Å². The fraction of sp³-hybridized carbons (Fsp3) is 0.300. The van der Waals surface area contributed by atoms with Gasteiger partial charge in [0.25, 0.3) is 11.8 Å². The first kappa shape index (κ1) is 19.5. The van der Waals surface area contributed by atoms with Gasteiger partial charge in [0, 0.05) is 43.2 Å². The van der Waals surface area contributed by atoms with E-state index >= 15 is 0 Å². The molecule has 3 N–H and O–H groups in total. The van der Waals surface area contributed by atoms with Gasteiger partial charge in [-0.25, -0.2) is 0 Å². The van der Waals surface area contributed by atoms with Crippen LogP contribution in [0.1, 0.15) is 40.6 Å². The maximum Gasteiger partial charge on any atom is 0.274 e. The van der Waals surface area contributed by atoms with E-state index in [1.54, 1.807) is 30.3 Å². The predicted molar refractivity (Wildman–Crippen MR) is 104 cm³/mol. The summed E-state index contributed by atoms with van der Waals surface area (Å²) in [5.41, 5.74) is 1.68. The molecular weight excluding hydrogens is 360 g/mol. The number of ether oxygens (including phenoxy) is 1. The van der Waals surface area contributed by atoms with E-state index in [9.17, 15) is 14.4 Å². The van der Waals surface area contributed by atoms with Crippen molar-refractivity contribution in [2.45, 2.75) is 25.9 Å². The molecule has 1 aliphatic heterocycles. The number of hydrogen-bond acceptors (Lipinski definition) is 5. The lowest BCUT2D eigenvalue weighted by atomic mass is 10.2. The molecule has 2 heterocycles. The second kappa shape index (κ2) is 9.09. The van der Waals surface area contributed by atoms with Gasteiger partial charge in [-0.2, -0.15) is 0 Å². The van der Waals surface area contributed by atoms with Crippen LogP contribution in [0, 0.1) is 0 Å². The first-order valence-electron chi connectivity index (χ1n) is 9.06. The lowest BCUT2D eigenvalue weighted by Crippen LogP contribution is -2.32. The van der Waals surface area contributed by atoms with Crippen molar-refractivity contribution in [3.63, 3.8) is 0 Å². The van der Waals surface area contributed by atoms with Crippen LogP contribution in [0.25, 0.3) is 0 Å². The zero-order chi connectivity index (χ0) is 19.9. The third-order valence-corrected chi connectivity index (χ3v) is 4.23. The van der Waals surface area contributed by atoms with Crippen molar-refractivity contribution < 1.29 is 19.1 Å². The highest BCUT2D eigenvalue weighted by Crippen LogP contribution is 2.15. The standard InChI is InChI=1S/C20H22N4O4/c1-13(25)23-15-4-6-16(7-5-15)24-20(27)18-11-14(8-9-21-18)19(26)22-12-17-3-2-10-28-17/h4-9,11,17H,2-3,10,12H2,1H3,(H,22,26)(H,23,25)(H,24,27). The van der Waals surface area contributed by atoms with Crippen molar-refractivity contribution in [1.29, 1.82) is 0 Å². The van der Waals surface area contributed by atoms with Gasteiger partial charge in [-0.05, 0) is 49.2 Å². The fourth-order valence-corrected chi connectivity index (χ4v) is 2.85. The number of rotatable bonds is 6. The molecule has 28 heavy (non-hydrogen) atoms. The molecule has 1 atom stereocenters. The Kier molecular flexibility index (Phi) is 6.33. The third kappa shape index (κ3) is 5.37. The molecule has 1 aromatic carbocycles. The summed E-state index contributed by atoms with van der Waals surface area (Å²) in [6.45, 7) is 2.60. The number of amides is 3. The lowest BCUT2D eigenvalue weighted by Gasteiger charge is -2.11. The van der Waals surface area contributed by atoms with Crippen LogP contribution in [0.4, 0.5) is 11.4 Å². The molecular formula is C20H22N4O4. The fourth-order valence-electron chi connectivity index (χ4n) is 2.85. The van der Waals surface area contributed by atoms with Crippen LogP contribution >= 0.6 is 0 Å². The zero-order valence-electron chi connectivity index (χ0n) is 15.5. The zero-order valence-corrected chi connectivity index (χ0v) is 15.5. The molecule has 0 radical (unpaired) electrons. The van der Waals surface area contributed by atoms with Crippen molar-refractivity contribution in [2.24, 2.45) is 0 Å². The van der Waals surface area contributed by atoms with E-state index in [-0.39, 0.29) is 23.6 Å². The lowest BCUT2D eigenvalue weighted by molar-refractivity contribution is -0.114. The van der Waals surface area contributed by atoms with Crippen LogP contribution in [0.5, 0.6) is 0 Å². The Bertz CT molecular complexity index is 861. The van der Waals surface area contributed by atoms with Crippen LogP contribution in [0.2, 0.25) is 0 Å². The molecule has 8 heteroatoms. The first-order valence-corrected chi connectivity index (χ1v) is 9.06. The quantitative estimate of drug-likeness (QED) is 0.710. The van der Waals surface area contributed by atoms with Gasteiger partial charge >= 0.3 is 0 Å². The smallest absolute Gasteiger partial charge is 0.274 e. The van der Waals surface area contributed by atoms with Gasteiger partial charge in [0.1, 0.15) is 5.69 Å². The molecule has 1 aromatic heterocycles. The highest BCUT2D eigenvalue weighted by Gasteiger charge is 2.17. The average Bonchev–Trinajstić information content (AvgIpc) is 3.21. The van der Waals surface area contributed by atoms with Gasteiger partial charge in [0.2, 0.25) is 5.91 Å². The SMILES string of the molecule is CC(=O)Nc1ccc(NC(=O)c2cc(C(=O)NCC3CCCO3)ccn2)cc1. The van der Waals surface area contributed by atoms with Crippen molar-refractivity contribution in [3.05, 3.63) is 53.9 Å². The Labute approximate surface area is 162 Å². The number of benzene rings is 1. The van der Waals surface area contributed by atoms with Crippen LogP contribution in [0.3, 0.4) is 0 Å². The summed E-state index contributed by atoms with van der Waals surface area (Å²) in [7, 11) is 0. The van der Waals surface area contributed by atoms with E-state index in [0.29, 0.717) is 23.5 Å². The molecule has 146 valence electrons. The maximum absolute atomic E-state index is 12.4. The van der Waals surface area contributed by atoms with Gasteiger partial charge in [-0.3, -0.25) is 19.4 Å². The van der Waals surface area contributed by atoms with Crippen LogP contribution < -0.4 is 16.0 Å². The van der Waals surface area contributed by atoms with Gasteiger partial charge in [-0.15, -0.1) is 0 Å². The Morgan fingerprint density at radius 3 is 2.43 bits per heavy atom. The molecule has 3 rings (SSSR count). The Balaban J connectivity index is 1.59. The first-order chi connectivity index (χ1) is 13.5. The highest BCUT2D eigenvalue weighted by molar-refractivity contribution is 6.05. The normalized spacial score (nSPS) is 15.7. The number of hydrogen-bond donors (Lipinski definition) is 3. The van der Waals surface area contributed by atoms with E-state index in [2.05, 4.69) is 20.9 Å². The third-order valence-electron chi connectivity index (χ3n) is 4.23. The molecule has 2 aromatic rings.